The molecule has 0 saturated carbocycles. The molecule has 1 aliphatic heterocycles. The van der Waals surface area contributed by atoms with Gasteiger partial charge in [0.2, 0.25) is 5.16 Å². The Morgan fingerprint density at radius 1 is 1.00 bits per heavy atom. The fraction of sp³-hybridized carbons (Fsp3) is 0.190. The van der Waals surface area contributed by atoms with Gasteiger partial charge >= 0.3 is 0 Å². The first-order valence-corrected chi connectivity index (χ1v) is 11.9. The van der Waals surface area contributed by atoms with Crippen LogP contribution in [-0.4, -0.2) is 74.6 Å². The number of amides is 1. The maximum atomic E-state index is 13.0. The number of aromatic amines is 1. The molecule has 5 rings (SSSR count). The van der Waals surface area contributed by atoms with Crippen molar-refractivity contribution in [3.63, 3.8) is 0 Å². The summed E-state index contributed by atoms with van der Waals surface area (Å²) in [4.78, 5) is 34.0. The summed E-state index contributed by atoms with van der Waals surface area (Å²) in [6.07, 6.45) is 6.28. The summed E-state index contributed by atoms with van der Waals surface area (Å²) in [5.41, 5.74) is 2.75. The maximum absolute atomic E-state index is 13.0. The summed E-state index contributed by atoms with van der Waals surface area (Å²) in [6.45, 7) is 0.763. The van der Waals surface area contributed by atoms with Crippen molar-refractivity contribution in [2.24, 2.45) is 0 Å². The molecule has 1 N–H and O–H groups in total. The summed E-state index contributed by atoms with van der Waals surface area (Å²) >= 11 is 5.97. The molecular formula is C21H18ClN7O3S. The molecular weight excluding hydrogens is 466 g/mol. The van der Waals surface area contributed by atoms with E-state index in [4.69, 9.17) is 11.6 Å². The number of nitrogens with zero attached hydrogens (tertiary/aromatic N) is 6. The Labute approximate surface area is 194 Å². The zero-order chi connectivity index (χ0) is 23.0. The van der Waals surface area contributed by atoms with Crippen LogP contribution in [0.15, 0.2) is 60.3 Å². The zero-order valence-electron chi connectivity index (χ0n) is 17.2. The van der Waals surface area contributed by atoms with Gasteiger partial charge in [-0.3, -0.25) is 14.8 Å². The van der Waals surface area contributed by atoms with Crippen molar-refractivity contribution in [3.05, 3.63) is 65.8 Å². The summed E-state index contributed by atoms with van der Waals surface area (Å²) in [5, 5.41) is 0.344. The highest BCUT2D eigenvalue weighted by Gasteiger charge is 2.33. The third-order valence-electron chi connectivity index (χ3n) is 5.38. The first-order valence-electron chi connectivity index (χ1n) is 10.1. The normalized spacial score (nSPS) is 15.1. The second-order valence-corrected chi connectivity index (χ2v) is 9.71. The number of rotatable bonds is 4. The van der Waals surface area contributed by atoms with Crippen molar-refractivity contribution in [1.82, 2.24) is 34.1 Å². The van der Waals surface area contributed by atoms with E-state index in [1.807, 2.05) is 12.1 Å². The topological polar surface area (TPSA) is 125 Å². The molecule has 1 saturated heterocycles. The number of aromatic nitrogens is 5. The van der Waals surface area contributed by atoms with Gasteiger partial charge in [0.15, 0.2) is 0 Å². The average Bonchev–Trinajstić information content (AvgIpc) is 3.28. The van der Waals surface area contributed by atoms with E-state index in [-0.39, 0.29) is 42.9 Å². The lowest BCUT2D eigenvalue weighted by atomic mass is 10.2. The Morgan fingerprint density at radius 2 is 1.76 bits per heavy atom. The van der Waals surface area contributed by atoms with Crippen LogP contribution < -0.4 is 0 Å². The number of benzene rings is 1. The number of carbonyl (C=O) groups excluding carboxylic acids is 1. The van der Waals surface area contributed by atoms with Crippen molar-refractivity contribution >= 4 is 38.6 Å². The van der Waals surface area contributed by atoms with Gasteiger partial charge in [-0.2, -0.15) is 4.31 Å². The number of pyridine rings is 1. The molecule has 0 bridgehead atoms. The van der Waals surface area contributed by atoms with Crippen LogP contribution in [0.2, 0.25) is 5.02 Å². The van der Waals surface area contributed by atoms with Gasteiger partial charge in [-0.1, -0.05) is 11.6 Å². The number of carbonyl (C=O) groups is 1. The summed E-state index contributed by atoms with van der Waals surface area (Å²) in [7, 11) is -3.83. The fourth-order valence-electron chi connectivity index (χ4n) is 3.61. The molecule has 3 aromatic heterocycles. The second kappa shape index (κ2) is 8.50. The molecule has 1 aliphatic rings. The van der Waals surface area contributed by atoms with Gasteiger partial charge in [-0.25, -0.2) is 18.4 Å². The van der Waals surface area contributed by atoms with Crippen molar-refractivity contribution < 1.29 is 13.2 Å². The molecule has 4 heterocycles. The van der Waals surface area contributed by atoms with Crippen molar-refractivity contribution in [3.8, 4) is 11.3 Å². The van der Waals surface area contributed by atoms with Crippen molar-refractivity contribution in [1.29, 1.82) is 0 Å². The number of sulfonamides is 1. The lowest BCUT2D eigenvalue weighted by Crippen LogP contribution is -2.50. The number of fused-ring (bicyclic) bond motifs is 1. The Balaban J connectivity index is 1.26. The summed E-state index contributed by atoms with van der Waals surface area (Å²) < 4.78 is 27.4. The van der Waals surface area contributed by atoms with E-state index in [0.717, 1.165) is 5.56 Å². The molecule has 10 nitrogen and oxygen atoms in total. The van der Waals surface area contributed by atoms with Crippen LogP contribution in [0.4, 0.5) is 0 Å². The molecule has 0 atom stereocenters. The molecule has 0 spiro atoms. The Morgan fingerprint density at radius 3 is 2.45 bits per heavy atom. The number of nitrogens with one attached hydrogen (secondary N) is 1. The molecule has 33 heavy (non-hydrogen) atoms. The number of piperazine rings is 1. The zero-order valence-corrected chi connectivity index (χ0v) is 18.8. The summed E-state index contributed by atoms with van der Waals surface area (Å²) in [5.74, 6) is -0.292. The maximum Gasteiger partial charge on any atom is 0.276 e. The molecule has 1 aromatic carbocycles. The van der Waals surface area contributed by atoms with Gasteiger partial charge in [0.1, 0.15) is 5.69 Å². The highest BCUT2D eigenvalue weighted by atomic mass is 35.5. The Hall–Kier alpha value is -3.41. The highest BCUT2D eigenvalue weighted by molar-refractivity contribution is 7.89. The van der Waals surface area contributed by atoms with Crippen LogP contribution in [-0.2, 0) is 10.0 Å². The molecule has 168 valence electrons. The van der Waals surface area contributed by atoms with Gasteiger partial charge in [0.25, 0.3) is 15.9 Å². The van der Waals surface area contributed by atoms with Crippen LogP contribution in [0.25, 0.3) is 22.3 Å². The van der Waals surface area contributed by atoms with Gasteiger partial charge in [0, 0.05) is 49.2 Å². The first kappa shape index (κ1) is 21.4. The number of imidazole rings is 1. The minimum Gasteiger partial charge on any atom is -0.335 e. The van der Waals surface area contributed by atoms with Gasteiger partial charge in [0.05, 0.1) is 29.1 Å². The number of halogens is 1. The number of hydrogen-bond donors (Lipinski definition) is 1. The molecule has 4 aromatic rings. The van der Waals surface area contributed by atoms with Crippen molar-refractivity contribution in [2.45, 2.75) is 5.16 Å². The predicted molar refractivity (Wildman–Crippen MR) is 121 cm³/mol. The van der Waals surface area contributed by atoms with E-state index in [2.05, 4.69) is 24.9 Å². The lowest BCUT2D eigenvalue weighted by Gasteiger charge is -2.33. The SMILES string of the molecule is O=C(c1cnc(-c2ccncc2)cn1)N1CCN(S(=O)(=O)c2nc3ccc(Cl)cc3[nH]2)CC1. The minimum atomic E-state index is -3.83. The monoisotopic (exact) mass is 483 g/mol. The fourth-order valence-corrected chi connectivity index (χ4v) is 5.12. The van der Waals surface area contributed by atoms with E-state index in [9.17, 15) is 13.2 Å². The largest absolute Gasteiger partial charge is 0.335 e. The van der Waals surface area contributed by atoms with Gasteiger partial charge < -0.3 is 9.88 Å². The minimum absolute atomic E-state index is 0.142. The average molecular weight is 484 g/mol. The molecule has 12 heteroatoms. The molecule has 0 unspecified atom stereocenters. The summed E-state index contributed by atoms with van der Waals surface area (Å²) in [6, 6.07) is 8.55. The van der Waals surface area contributed by atoms with Crippen LogP contribution in [0.3, 0.4) is 0 Å². The highest BCUT2D eigenvalue weighted by Crippen LogP contribution is 2.22. The number of hydrogen-bond acceptors (Lipinski definition) is 7. The molecule has 1 fully saturated rings. The third kappa shape index (κ3) is 4.17. The van der Waals surface area contributed by atoms with E-state index < -0.39 is 10.0 Å². The molecule has 1 amide bonds. The van der Waals surface area contributed by atoms with E-state index in [0.29, 0.717) is 21.7 Å². The van der Waals surface area contributed by atoms with Crippen LogP contribution in [0.1, 0.15) is 10.5 Å². The van der Waals surface area contributed by atoms with Crippen molar-refractivity contribution in [2.75, 3.05) is 26.2 Å². The van der Waals surface area contributed by atoms with E-state index >= 15 is 0 Å². The molecule has 0 radical (unpaired) electrons. The van der Waals surface area contributed by atoms with E-state index in [1.54, 1.807) is 35.5 Å². The van der Waals surface area contributed by atoms with Crippen LogP contribution >= 0.6 is 11.6 Å². The Kier molecular flexibility index (Phi) is 5.52. The number of H-pyrrole nitrogens is 1. The quantitative estimate of drug-likeness (QED) is 0.471. The third-order valence-corrected chi connectivity index (χ3v) is 7.34. The standard InChI is InChI=1S/C21H18ClN7O3S/c22-15-1-2-16-17(11-15)27-21(26-16)33(31,32)29-9-7-28(8-10-29)20(30)19-13-24-18(12-25-19)14-3-5-23-6-4-14/h1-6,11-13H,7-10H2,(H,26,27). The predicted octanol–water partition coefficient (Wildman–Crippen LogP) is 2.21. The Bertz CT molecular complexity index is 1420. The second-order valence-electron chi connectivity index (χ2n) is 7.42. The molecule has 0 aliphatic carbocycles. The lowest BCUT2D eigenvalue weighted by molar-refractivity contribution is 0.0691. The van der Waals surface area contributed by atoms with Gasteiger partial charge in [-0.15, -0.1) is 0 Å². The van der Waals surface area contributed by atoms with Gasteiger partial charge in [-0.05, 0) is 30.3 Å². The first-order chi connectivity index (χ1) is 15.9. The van der Waals surface area contributed by atoms with Crippen LogP contribution in [0, 0.1) is 0 Å². The smallest absolute Gasteiger partial charge is 0.276 e. The van der Waals surface area contributed by atoms with E-state index in [1.165, 1.54) is 16.7 Å². The van der Waals surface area contributed by atoms with Crippen LogP contribution in [0.5, 0.6) is 0 Å².